The van der Waals surface area contributed by atoms with Crippen LogP contribution in [-0.4, -0.2) is 54.1 Å². The summed E-state index contributed by atoms with van der Waals surface area (Å²) in [4.78, 5) is 10.3. The predicted octanol–water partition coefficient (Wildman–Crippen LogP) is 6.68. The van der Waals surface area contributed by atoms with Crippen molar-refractivity contribution < 1.29 is 0 Å². The number of thiazole rings is 1. The van der Waals surface area contributed by atoms with Crippen LogP contribution in [0.1, 0.15) is 89.3 Å². The molecule has 4 heteroatoms. The Hall–Kier alpha value is -1.23. The average molecular weight is 454 g/mol. The number of hydrogen-bond acceptors (Lipinski definition) is 4. The van der Waals surface area contributed by atoms with Crippen molar-refractivity contribution in [1.82, 2.24) is 14.8 Å². The predicted molar refractivity (Wildman–Crippen MR) is 139 cm³/mol. The van der Waals surface area contributed by atoms with Crippen LogP contribution in [0.3, 0.4) is 0 Å². The van der Waals surface area contributed by atoms with Gasteiger partial charge in [-0.25, -0.2) is 4.98 Å². The van der Waals surface area contributed by atoms with Crippen molar-refractivity contribution in [1.29, 1.82) is 0 Å². The smallest absolute Gasteiger partial charge is 0.0964 e. The van der Waals surface area contributed by atoms with Gasteiger partial charge in [-0.1, -0.05) is 53.7 Å². The van der Waals surface area contributed by atoms with E-state index in [1.165, 1.54) is 79.3 Å². The summed E-state index contributed by atoms with van der Waals surface area (Å²) in [6.45, 7) is 21.3. The van der Waals surface area contributed by atoms with Crippen molar-refractivity contribution in [3.8, 4) is 11.3 Å². The molecule has 0 saturated carbocycles. The summed E-state index contributed by atoms with van der Waals surface area (Å²) in [5, 5.41) is 3.64. The first-order valence-electron chi connectivity index (χ1n) is 12.8. The Bertz CT molecular complexity index is 901. The Morgan fingerprint density at radius 1 is 1.00 bits per heavy atom. The van der Waals surface area contributed by atoms with Gasteiger partial charge in [0.25, 0.3) is 0 Å². The van der Waals surface area contributed by atoms with Gasteiger partial charge in [-0.2, -0.15) is 0 Å². The maximum atomic E-state index is 5.15. The van der Waals surface area contributed by atoms with Crippen molar-refractivity contribution >= 4 is 11.3 Å². The molecule has 32 heavy (non-hydrogen) atoms. The molecule has 0 bridgehead atoms. The molecule has 1 saturated heterocycles. The Morgan fingerprint density at radius 2 is 1.66 bits per heavy atom. The molecule has 2 heterocycles. The molecule has 0 spiro atoms. The zero-order valence-corrected chi connectivity index (χ0v) is 22.0. The lowest BCUT2D eigenvalue weighted by molar-refractivity contribution is 0.178. The van der Waals surface area contributed by atoms with Crippen LogP contribution >= 0.6 is 11.3 Å². The standard InChI is InChI=1S/C28H43N3S/c1-7-30(8-2)17-18-31-15-11-21(12-16-31)26-29-25(20-32-26)22-9-10-23-24(19-22)28(5,6)14-13-27(23,3)4/h9-10,19-21H,7-8,11-18H2,1-6H3. The summed E-state index contributed by atoms with van der Waals surface area (Å²) in [6.07, 6.45) is 5.01. The molecule has 1 aliphatic carbocycles. The summed E-state index contributed by atoms with van der Waals surface area (Å²) < 4.78 is 0. The molecule has 4 rings (SSSR count). The fraction of sp³-hybridized carbons (Fsp3) is 0.679. The molecule has 2 aliphatic rings. The van der Waals surface area contributed by atoms with Gasteiger partial charge >= 0.3 is 0 Å². The second-order valence-electron chi connectivity index (χ2n) is 11.2. The minimum atomic E-state index is 0.248. The number of fused-ring (bicyclic) bond motifs is 1. The van der Waals surface area contributed by atoms with Crippen LogP contribution in [0.25, 0.3) is 11.3 Å². The summed E-state index contributed by atoms with van der Waals surface area (Å²) in [6, 6.07) is 7.15. The Kier molecular flexibility index (Phi) is 7.14. The highest BCUT2D eigenvalue weighted by atomic mass is 32.1. The van der Waals surface area contributed by atoms with Gasteiger partial charge in [0.15, 0.2) is 0 Å². The van der Waals surface area contributed by atoms with Gasteiger partial charge in [0, 0.05) is 30.0 Å². The van der Waals surface area contributed by atoms with Gasteiger partial charge in [-0.3, -0.25) is 0 Å². The maximum absolute atomic E-state index is 5.15. The molecule has 2 aromatic rings. The van der Waals surface area contributed by atoms with Crippen LogP contribution in [0.15, 0.2) is 23.6 Å². The molecule has 1 fully saturated rings. The number of hydrogen-bond donors (Lipinski definition) is 0. The fourth-order valence-corrected chi connectivity index (χ4v) is 6.58. The van der Waals surface area contributed by atoms with E-state index in [0.717, 1.165) is 13.1 Å². The van der Waals surface area contributed by atoms with Crippen LogP contribution in [-0.2, 0) is 10.8 Å². The Labute approximate surface area is 200 Å². The van der Waals surface area contributed by atoms with Gasteiger partial charge in [0.2, 0.25) is 0 Å². The summed E-state index contributed by atoms with van der Waals surface area (Å²) in [5.74, 6) is 0.631. The third-order valence-electron chi connectivity index (χ3n) is 8.23. The highest BCUT2D eigenvalue weighted by Crippen LogP contribution is 2.47. The number of likely N-dealkylation sites (tertiary alicyclic amines) is 1. The van der Waals surface area contributed by atoms with Crippen LogP contribution in [0.5, 0.6) is 0 Å². The van der Waals surface area contributed by atoms with Gasteiger partial charge in [-0.05, 0) is 79.9 Å². The van der Waals surface area contributed by atoms with Gasteiger partial charge < -0.3 is 9.80 Å². The van der Waals surface area contributed by atoms with E-state index < -0.39 is 0 Å². The van der Waals surface area contributed by atoms with E-state index in [-0.39, 0.29) is 10.8 Å². The second kappa shape index (κ2) is 9.56. The van der Waals surface area contributed by atoms with Crippen molar-refractivity contribution in [3.63, 3.8) is 0 Å². The topological polar surface area (TPSA) is 19.4 Å². The molecule has 0 N–H and O–H groups in total. The van der Waals surface area contributed by atoms with Crippen LogP contribution in [0.4, 0.5) is 0 Å². The highest BCUT2D eigenvalue weighted by molar-refractivity contribution is 7.10. The number of aromatic nitrogens is 1. The first-order chi connectivity index (χ1) is 15.2. The highest BCUT2D eigenvalue weighted by Gasteiger charge is 2.37. The zero-order valence-electron chi connectivity index (χ0n) is 21.2. The number of piperidine rings is 1. The summed E-state index contributed by atoms with van der Waals surface area (Å²) in [5.41, 5.74) is 6.06. The van der Waals surface area contributed by atoms with E-state index in [4.69, 9.17) is 4.98 Å². The Morgan fingerprint density at radius 3 is 2.31 bits per heavy atom. The second-order valence-corrected chi connectivity index (χ2v) is 12.1. The van der Waals surface area contributed by atoms with E-state index in [1.807, 2.05) is 11.3 Å². The monoisotopic (exact) mass is 453 g/mol. The van der Waals surface area contributed by atoms with Crippen LogP contribution < -0.4 is 0 Å². The molecule has 176 valence electrons. The lowest BCUT2D eigenvalue weighted by Crippen LogP contribution is -2.39. The van der Waals surface area contributed by atoms with E-state index in [2.05, 4.69) is 74.9 Å². The molecule has 0 radical (unpaired) electrons. The molecule has 1 aromatic carbocycles. The minimum Gasteiger partial charge on any atom is -0.303 e. The van der Waals surface area contributed by atoms with Crippen molar-refractivity contribution in [2.45, 2.75) is 84.0 Å². The van der Waals surface area contributed by atoms with Crippen molar-refractivity contribution in [3.05, 3.63) is 39.7 Å². The molecular formula is C28H43N3S. The minimum absolute atomic E-state index is 0.248. The van der Waals surface area contributed by atoms with Gasteiger partial charge in [0.05, 0.1) is 10.7 Å². The van der Waals surface area contributed by atoms with E-state index in [1.54, 1.807) is 0 Å². The molecular weight excluding hydrogens is 410 g/mol. The maximum Gasteiger partial charge on any atom is 0.0964 e. The van der Waals surface area contributed by atoms with Crippen LogP contribution in [0.2, 0.25) is 0 Å². The quantitative estimate of drug-likeness (QED) is 0.466. The third kappa shape index (κ3) is 4.98. The molecule has 0 atom stereocenters. The Balaban J connectivity index is 1.43. The summed E-state index contributed by atoms with van der Waals surface area (Å²) >= 11 is 1.88. The normalized spacial score (nSPS) is 21.1. The first-order valence-corrected chi connectivity index (χ1v) is 13.7. The van der Waals surface area contributed by atoms with Gasteiger partial charge in [-0.15, -0.1) is 11.3 Å². The van der Waals surface area contributed by atoms with Gasteiger partial charge in [0.1, 0.15) is 0 Å². The molecule has 0 amide bonds. The fourth-order valence-electron chi connectivity index (χ4n) is 5.58. The van der Waals surface area contributed by atoms with E-state index >= 15 is 0 Å². The third-order valence-corrected chi connectivity index (χ3v) is 9.24. The van der Waals surface area contributed by atoms with Crippen molar-refractivity contribution in [2.24, 2.45) is 0 Å². The first kappa shape index (κ1) is 23.9. The lowest BCUT2D eigenvalue weighted by Gasteiger charge is -2.42. The number of benzene rings is 1. The SMILES string of the molecule is CCN(CC)CCN1CCC(c2nc(-c3ccc4c(c3)C(C)(C)CCC4(C)C)cs2)CC1. The van der Waals surface area contributed by atoms with E-state index in [9.17, 15) is 0 Å². The zero-order chi connectivity index (χ0) is 22.9. The number of nitrogens with zero attached hydrogens (tertiary/aromatic N) is 3. The van der Waals surface area contributed by atoms with Crippen LogP contribution in [0, 0.1) is 0 Å². The summed E-state index contributed by atoms with van der Waals surface area (Å²) in [7, 11) is 0. The molecule has 1 aliphatic heterocycles. The number of rotatable bonds is 7. The lowest BCUT2D eigenvalue weighted by atomic mass is 9.63. The average Bonchev–Trinajstić information content (AvgIpc) is 3.28. The molecule has 1 aromatic heterocycles. The largest absolute Gasteiger partial charge is 0.303 e. The number of likely N-dealkylation sites (N-methyl/N-ethyl adjacent to an activating group) is 1. The molecule has 3 nitrogen and oxygen atoms in total. The molecule has 0 unspecified atom stereocenters. The van der Waals surface area contributed by atoms with E-state index in [0.29, 0.717) is 5.92 Å². The van der Waals surface area contributed by atoms with Crippen molar-refractivity contribution in [2.75, 3.05) is 39.3 Å².